The Hall–Kier alpha value is -2.45. The van der Waals surface area contributed by atoms with Crippen molar-refractivity contribution in [2.75, 3.05) is 26.4 Å². The monoisotopic (exact) mass is 491 g/mol. The van der Waals surface area contributed by atoms with Gasteiger partial charge >= 0.3 is 0 Å². The summed E-state index contributed by atoms with van der Waals surface area (Å²) >= 11 is 4.39. The Morgan fingerprint density at radius 1 is 1.00 bits per heavy atom. The standard InChI is InChI=1S/C22H22BrNO5S/c1-3-27-18-14-19(28-4-2)17(23)12-15(18)13-20-21(25)24(22(26)30-20)10-11-29-16-8-6-5-7-9-16/h5-9,12-14H,3-4,10-11H2,1-2H3/b20-13-. The zero-order chi connectivity index (χ0) is 21.5. The van der Waals surface area contributed by atoms with Gasteiger partial charge in [-0.05, 0) is 65.8 Å². The van der Waals surface area contributed by atoms with Crippen LogP contribution < -0.4 is 14.2 Å². The van der Waals surface area contributed by atoms with Gasteiger partial charge in [0.1, 0.15) is 23.9 Å². The van der Waals surface area contributed by atoms with Crippen LogP contribution in [0.25, 0.3) is 6.08 Å². The highest BCUT2D eigenvalue weighted by atomic mass is 79.9. The molecule has 1 heterocycles. The summed E-state index contributed by atoms with van der Waals surface area (Å²) < 4.78 is 17.6. The molecule has 0 aromatic heterocycles. The van der Waals surface area contributed by atoms with Crippen LogP contribution in [0, 0.1) is 0 Å². The number of carbonyl (C=O) groups is 2. The molecule has 0 unspecified atom stereocenters. The predicted molar refractivity (Wildman–Crippen MR) is 121 cm³/mol. The van der Waals surface area contributed by atoms with Crippen molar-refractivity contribution < 1.29 is 23.8 Å². The summed E-state index contributed by atoms with van der Waals surface area (Å²) in [5.74, 6) is 1.60. The van der Waals surface area contributed by atoms with Crippen molar-refractivity contribution in [1.82, 2.24) is 4.90 Å². The number of hydrogen-bond donors (Lipinski definition) is 0. The highest BCUT2D eigenvalue weighted by Crippen LogP contribution is 2.38. The molecular formula is C22H22BrNO5S. The molecule has 1 aliphatic heterocycles. The zero-order valence-corrected chi connectivity index (χ0v) is 19.1. The van der Waals surface area contributed by atoms with Crippen molar-refractivity contribution in [3.63, 3.8) is 0 Å². The van der Waals surface area contributed by atoms with Crippen LogP contribution in [0.2, 0.25) is 0 Å². The molecule has 0 bridgehead atoms. The van der Waals surface area contributed by atoms with Gasteiger partial charge in [0.15, 0.2) is 0 Å². The second kappa shape index (κ2) is 10.5. The number of benzene rings is 2. The van der Waals surface area contributed by atoms with Gasteiger partial charge in [0.25, 0.3) is 11.1 Å². The van der Waals surface area contributed by atoms with E-state index in [1.54, 1.807) is 12.1 Å². The molecule has 3 rings (SSSR count). The number of hydrogen-bond acceptors (Lipinski definition) is 6. The first-order valence-electron chi connectivity index (χ1n) is 9.55. The Labute approximate surface area is 188 Å². The quantitative estimate of drug-likeness (QED) is 0.439. The predicted octanol–water partition coefficient (Wildman–Crippen LogP) is 5.36. The van der Waals surface area contributed by atoms with E-state index in [0.717, 1.165) is 16.2 Å². The Balaban J connectivity index is 1.75. The van der Waals surface area contributed by atoms with Gasteiger partial charge < -0.3 is 14.2 Å². The van der Waals surface area contributed by atoms with E-state index in [9.17, 15) is 9.59 Å². The van der Waals surface area contributed by atoms with Crippen LogP contribution in [0.3, 0.4) is 0 Å². The molecule has 6 nitrogen and oxygen atoms in total. The number of para-hydroxylation sites is 1. The SMILES string of the molecule is CCOc1cc(OCC)c(/C=C2\SC(=O)N(CCOc3ccccc3)C2=O)cc1Br. The Kier molecular flexibility index (Phi) is 7.81. The van der Waals surface area contributed by atoms with E-state index in [4.69, 9.17) is 14.2 Å². The van der Waals surface area contributed by atoms with Gasteiger partial charge in [-0.25, -0.2) is 0 Å². The number of nitrogens with zero attached hydrogens (tertiary/aromatic N) is 1. The fourth-order valence-electron chi connectivity index (χ4n) is 2.82. The molecule has 2 aromatic carbocycles. The van der Waals surface area contributed by atoms with Gasteiger partial charge in [-0.2, -0.15) is 0 Å². The van der Waals surface area contributed by atoms with Crippen molar-refractivity contribution in [1.29, 1.82) is 0 Å². The topological polar surface area (TPSA) is 65.1 Å². The largest absolute Gasteiger partial charge is 0.493 e. The van der Waals surface area contributed by atoms with E-state index < -0.39 is 0 Å². The molecule has 1 saturated heterocycles. The number of amides is 2. The number of halogens is 1. The highest BCUT2D eigenvalue weighted by Gasteiger charge is 2.35. The molecular weight excluding hydrogens is 470 g/mol. The third kappa shape index (κ3) is 5.37. The Morgan fingerprint density at radius 3 is 2.40 bits per heavy atom. The van der Waals surface area contributed by atoms with Crippen LogP contribution in [-0.4, -0.2) is 42.4 Å². The maximum atomic E-state index is 12.8. The van der Waals surface area contributed by atoms with Crippen molar-refractivity contribution in [2.45, 2.75) is 13.8 Å². The second-order valence-electron chi connectivity index (χ2n) is 6.18. The van der Waals surface area contributed by atoms with E-state index in [1.165, 1.54) is 4.90 Å². The maximum Gasteiger partial charge on any atom is 0.293 e. The average molecular weight is 492 g/mol. The molecule has 1 aliphatic rings. The fourth-order valence-corrected chi connectivity index (χ4v) is 4.15. The lowest BCUT2D eigenvalue weighted by Crippen LogP contribution is -2.32. The number of ether oxygens (including phenoxy) is 3. The van der Waals surface area contributed by atoms with Crippen LogP contribution >= 0.6 is 27.7 Å². The van der Waals surface area contributed by atoms with Crippen LogP contribution in [0.5, 0.6) is 17.2 Å². The second-order valence-corrected chi connectivity index (χ2v) is 8.03. The minimum Gasteiger partial charge on any atom is -0.493 e. The average Bonchev–Trinajstić information content (AvgIpc) is 2.99. The zero-order valence-electron chi connectivity index (χ0n) is 16.7. The summed E-state index contributed by atoms with van der Waals surface area (Å²) in [6.07, 6.45) is 1.68. The number of thioether (sulfide) groups is 1. The Morgan fingerprint density at radius 2 is 1.70 bits per heavy atom. The van der Waals surface area contributed by atoms with Crippen LogP contribution in [0.4, 0.5) is 4.79 Å². The third-order valence-corrected chi connectivity index (χ3v) is 5.68. The van der Waals surface area contributed by atoms with Gasteiger partial charge in [0, 0.05) is 11.6 Å². The molecule has 0 spiro atoms. The summed E-state index contributed by atoms with van der Waals surface area (Å²) in [5.41, 5.74) is 0.693. The van der Waals surface area contributed by atoms with Gasteiger partial charge in [-0.15, -0.1) is 0 Å². The maximum absolute atomic E-state index is 12.8. The van der Waals surface area contributed by atoms with Crippen molar-refractivity contribution in [3.8, 4) is 17.2 Å². The van der Waals surface area contributed by atoms with Crippen molar-refractivity contribution in [3.05, 3.63) is 57.4 Å². The molecule has 2 aromatic rings. The van der Waals surface area contributed by atoms with E-state index in [-0.39, 0.29) is 24.3 Å². The normalized spacial score (nSPS) is 15.0. The lowest BCUT2D eigenvalue weighted by molar-refractivity contribution is -0.123. The lowest BCUT2D eigenvalue weighted by Gasteiger charge is -2.14. The Bertz CT molecular complexity index is 948. The molecule has 158 valence electrons. The molecule has 30 heavy (non-hydrogen) atoms. The molecule has 1 fully saturated rings. The molecule has 2 amide bonds. The summed E-state index contributed by atoms with van der Waals surface area (Å²) in [6, 6.07) is 12.9. The van der Waals surface area contributed by atoms with Crippen molar-refractivity contribution in [2.24, 2.45) is 0 Å². The summed E-state index contributed by atoms with van der Waals surface area (Å²) in [7, 11) is 0. The molecule has 0 atom stereocenters. The fraction of sp³-hybridized carbons (Fsp3) is 0.273. The van der Waals surface area contributed by atoms with Crippen LogP contribution in [0.15, 0.2) is 51.8 Å². The third-order valence-electron chi connectivity index (χ3n) is 4.15. The summed E-state index contributed by atoms with van der Waals surface area (Å²) in [4.78, 5) is 26.7. The van der Waals surface area contributed by atoms with Gasteiger partial charge in [-0.1, -0.05) is 18.2 Å². The molecule has 8 heteroatoms. The van der Waals surface area contributed by atoms with Crippen molar-refractivity contribution >= 4 is 44.9 Å². The number of rotatable bonds is 9. The number of carbonyl (C=O) groups excluding carboxylic acids is 2. The highest BCUT2D eigenvalue weighted by molar-refractivity contribution is 9.10. The smallest absolute Gasteiger partial charge is 0.293 e. The van der Waals surface area contributed by atoms with Gasteiger partial charge in [0.2, 0.25) is 0 Å². The summed E-state index contributed by atoms with van der Waals surface area (Å²) in [5, 5.41) is -0.314. The van der Waals surface area contributed by atoms with E-state index in [0.29, 0.717) is 40.9 Å². The van der Waals surface area contributed by atoms with Gasteiger partial charge in [-0.3, -0.25) is 14.5 Å². The minimum atomic E-state index is -0.339. The van der Waals surface area contributed by atoms with E-state index in [1.807, 2.05) is 50.2 Å². The molecule has 0 saturated carbocycles. The lowest BCUT2D eigenvalue weighted by atomic mass is 10.1. The van der Waals surface area contributed by atoms with Crippen LogP contribution in [0.1, 0.15) is 19.4 Å². The first-order chi connectivity index (χ1) is 14.5. The first-order valence-corrected chi connectivity index (χ1v) is 11.2. The molecule has 0 radical (unpaired) electrons. The van der Waals surface area contributed by atoms with Gasteiger partial charge in [0.05, 0.1) is 29.1 Å². The van der Waals surface area contributed by atoms with Crippen LogP contribution in [-0.2, 0) is 4.79 Å². The minimum absolute atomic E-state index is 0.183. The molecule has 0 aliphatic carbocycles. The first kappa shape index (κ1) is 22.2. The summed E-state index contributed by atoms with van der Waals surface area (Å²) in [6.45, 7) is 5.18. The molecule has 0 N–H and O–H groups in total. The van der Waals surface area contributed by atoms with E-state index >= 15 is 0 Å². The van der Waals surface area contributed by atoms with E-state index in [2.05, 4.69) is 15.9 Å². The number of imide groups is 1.